The van der Waals surface area contributed by atoms with Crippen LogP contribution in [0.15, 0.2) is 0 Å². The average Bonchev–Trinajstić information content (AvgIpc) is 2.05. The second-order valence-corrected chi connectivity index (χ2v) is 3.24. The second kappa shape index (κ2) is 8.44. The van der Waals surface area contributed by atoms with Crippen molar-refractivity contribution in [2.75, 3.05) is 31.6 Å². The van der Waals surface area contributed by atoms with E-state index in [1.165, 1.54) is 0 Å². The summed E-state index contributed by atoms with van der Waals surface area (Å²) in [6.07, 6.45) is 5.05. The zero-order valence-corrected chi connectivity index (χ0v) is 8.04. The van der Waals surface area contributed by atoms with Gasteiger partial charge >= 0.3 is 0 Å². The molecule has 0 rings (SSSR count). The van der Waals surface area contributed by atoms with Crippen LogP contribution in [0.4, 0.5) is 0 Å². The van der Waals surface area contributed by atoms with E-state index in [1.807, 2.05) is 0 Å². The van der Waals surface area contributed by atoms with Crippen molar-refractivity contribution >= 4 is 17.7 Å². The fraction of sp³-hybridized carbons (Fsp3) is 0.625. The highest BCUT2D eigenvalue weighted by molar-refractivity contribution is 7.99. The van der Waals surface area contributed by atoms with Crippen molar-refractivity contribution in [3.8, 4) is 12.3 Å². The Morgan fingerprint density at radius 3 is 3.00 bits per heavy atom. The summed E-state index contributed by atoms with van der Waals surface area (Å²) >= 11 is 1.64. The number of carbonyl (C=O) groups excluding carboxylic acids is 1. The maximum atomic E-state index is 10.9. The van der Waals surface area contributed by atoms with Crippen LogP contribution < -0.4 is 10.6 Å². The van der Waals surface area contributed by atoms with Gasteiger partial charge in [-0.2, -0.15) is 0 Å². The largest absolute Gasteiger partial charge is 0.354 e. The number of rotatable bonds is 6. The van der Waals surface area contributed by atoms with E-state index in [-0.39, 0.29) is 5.91 Å². The molecule has 0 aromatic carbocycles. The number of amides is 1. The Hall–Kier alpha value is -0.660. The molecule has 68 valence electrons. The summed E-state index contributed by atoms with van der Waals surface area (Å²) in [5, 5.41) is 5.52. The van der Waals surface area contributed by atoms with E-state index in [4.69, 9.17) is 6.42 Å². The van der Waals surface area contributed by atoms with Gasteiger partial charge in [-0.1, -0.05) is 5.92 Å². The van der Waals surface area contributed by atoms with Gasteiger partial charge in [-0.15, -0.1) is 18.2 Å². The van der Waals surface area contributed by atoms with E-state index in [9.17, 15) is 4.79 Å². The molecule has 0 aliphatic rings. The van der Waals surface area contributed by atoms with Gasteiger partial charge in [-0.05, 0) is 7.05 Å². The number of terminal acetylenes is 1. The molecule has 0 unspecified atom stereocenters. The summed E-state index contributed by atoms with van der Waals surface area (Å²) < 4.78 is 0. The van der Waals surface area contributed by atoms with Gasteiger partial charge in [0.1, 0.15) is 0 Å². The van der Waals surface area contributed by atoms with Gasteiger partial charge in [-0.3, -0.25) is 4.79 Å². The summed E-state index contributed by atoms with van der Waals surface area (Å²) in [6, 6.07) is 0. The molecule has 1 amide bonds. The van der Waals surface area contributed by atoms with Crippen LogP contribution in [-0.2, 0) is 4.79 Å². The van der Waals surface area contributed by atoms with Crippen LogP contribution in [0.1, 0.15) is 0 Å². The van der Waals surface area contributed by atoms with Crippen molar-refractivity contribution in [2.45, 2.75) is 0 Å². The minimum Gasteiger partial charge on any atom is -0.354 e. The lowest BCUT2D eigenvalue weighted by Crippen LogP contribution is -2.33. The first-order valence-electron chi connectivity index (χ1n) is 3.73. The molecule has 0 saturated heterocycles. The zero-order chi connectivity index (χ0) is 9.23. The van der Waals surface area contributed by atoms with Gasteiger partial charge in [0.05, 0.1) is 12.3 Å². The molecule has 3 nitrogen and oxygen atoms in total. The second-order valence-electron chi connectivity index (χ2n) is 2.14. The summed E-state index contributed by atoms with van der Waals surface area (Å²) in [7, 11) is 1.74. The first-order valence-corrected chi connectivity index (χ1v) is 4.89. The Balaban J connectivity index is 3.09. The predicted molar refractivity (Wildman–Crippen MR) is 53.1 cm³/mol. The Morgan fingerprint density at radius 1 is 1.67 bits per heavy atom. The number of nitrogens with one attached hydrogen (secondary N) is 2. The van der Waals surface area contributed by atoms with Gasteiger partial charge < -0.3 is 10.6 Å². The van der Waals surface area contributed by atoms with Crippen molar-refractivity contribution in [3.63, 3.8) is 0 Å². The predicted octanol–water partition coefficient (Wildman–Crippen LogP) is -0.312. The van der Waals surface area contributed by atoms with E-state index in [1.54, 1.807) is 18.8 Å². The quantitative estimate of drug-likeness (QED) is 0.441. The molecule has 0 spiro atoms. The maximum Gasteiger partial charge on any atom is 0.233 e. The molecule has 0 fully saturated rings. The number of hydrogen-bond acceptors (Lipinski definition) is 3. The lowest BCUT2D eigenvalue weighted by atomic mass is 10.5. The third-order valence-corrected chi connectivity index (χ3v) is 1.95. The van der Waals surface area contributed by atoms with E-state index in [2.05, 4.69) is 16.6 Å². The Kier molecular flexibility index (Phi) is 7.97. The summed E-state index contributed by atoms with van der Waals surface area (Å²) in [5.74, 6) is 4.13. The smallest absolute Gasteiger partial charge is 0.233 e. The molecule has 2 N–H and O–H groups in total. The molecule has 0 atom stereocenters. The third-order valence-electron chi connectivity index (χ3n) is 1.09. The van der Waals surface area contributed by atoms with Crippen LogP contribution in [0.2, 0.25) is 0 Å². The molecular formula is C8H14N2OS. The first-order chi connectivity index (χ1) is 5.81. The summed E-state index contributed by atoms with van der Waals surface area (Å²) in [5.41, 5.74) is 0. The van der Waals surface area contributed by atoms with E-state index < -0.39 is 0 Å². The van der Waals surface area contributed by atoms with Crippen molar-refractivity contribution in [1.29, 1.82) is 0 Å². The van der Waals surface area contributed by atoms with Gasteiger partial charge in [0.15, 0.2) is 0 Å². The van der Waals surface area contributed by atoms with Crippen LogP contribution >= 0.6 is 11.8 Å². The Bertz CT molecular complexity index is 165. The molecule has 0 aromatic rings. The Labute approximate surface area is 77.7 Å². The Morgan fingerprint density at radius 2 is 2.42 bits per heavy atom. The van der Waals surface area contributed by atoms with Crippen LogP contribution in [0.25, 0.3) is 0 Å². The zero-order valence-electron chi connectivity index (χ0n) is 7.22. The normalized spacial score (nSPS) is 9.00. The summed E-state index contributed by atoms with van der Waals surface area (Å²) in [4.78, 5) is 10.9. The van der Waals surface area contributed by atoms with Gasteiger partial charge in [-0.25, -0.2) is 0 Å². The van der Waals surface area contributed by atoms with Gasteiger partial charge in [0.25, 0.3) is 0 Å². The molecule has 0 radical (unpaired) electrons. The highest BCUT2D eigenvalue weighted by atomic mass is 32.2. The molecule has 12 heavy (non-hydrogen) atoms. The standard InChI is InChI=1S/C8H14N2OS/c1-3-5-12-6-4-10-8(11)7-9-2/h1,9H,4-7H2,2H3,(H,10,11). The minimum atomic E-state index is 0.0267. The molecule has 0 bridgehead atoms. The van der Waals surface area contributed by atoms with E-state index >= 15 is 0 Å². The van der Waals surface area contributed by atoms with Crippen LogP contribution in [0.5, 0.6) is 0 Å². The average molecular weight is 186 g/mol. The first kappa shape index (κ1) is 11.3. The minimum absolute atomic E-state index is 0.0267. The van der Waals surface area contributed by atoms with Crippen molar-refractivity contribution in [3.05, 3.63) is 0 Å². The fourth-order valence-corrected chi connectivity index (χ4v) is 1.13. The van der Waals surface area contributed by atoms with Crippen LogP contribution in [0, 0.1) is 12.3 Å². The molecule has 0 aromatic heterocycles. The molecule has 0 saturated carbocycles. The lowest BCUT2D eigenvalue weighted by molar-refractivity contribution is -0.120. The monoisotopic (exact) mass is 186 g/mol. The van der Waals surface area contributed by atoms with Gasteiger partial charge in [0.2, 0.25) is 5.91 Å². The highest BCUT2D eigenvalue weighted by Gasteiger charge is 1.95. The van der Waals surface area contributed by atoms with Gasteiger partial charge in [0, 0.05) is 12.3 Å². The molecular weight excluding hydrogens is 172 g/mol. The molecule has 4 heteroatoms. The summed E-state index contributed by atoms with van der Waals surface area (Å²) in [6.45, 7) is 1.06. The van der Waals surface area contributed by atoms with Crippen LogP contribution in [0.3, 0.4) is 0 Å². The lowest BCUT2D eigenvalue weighted by Gasteiger charge is -2.02. The maximum absolute atomic E-state index is 10.9. The topological polar surface area (TPSA) is 41.1 Å². The molecule has 0 heterocycles. The molecule has 0 aliphatic heterocycles. The van der Waals surface area contributed by atoms with Crippen molar-refractivity contribution in [2.24, 2.45) is 0 Å². The SMILES string of the molecule is C#CCSCCNC(=O)CNC. The van der Waals surface area contributed by atoms with Crippen molar-refractivity contribution < 1.29 is 4.79 Å². The van der Waals surface area contributed by atoms with E-state index in [0.717, 1.165) is 5.75 Å². The van der Waals surface area contributed by atoms with Crippen LogP contribution in [-0.4, -0.2) is 37.6 Å². The number of hydrogen-bond donors (Lipinski definition) is 2. The number of carbonyl (C=O) groups is 1. The van der Waals surface area contributed by atoms with Crippen molar-refractivity contribution in [1.82, 2.24) is 10.6 Å². The fourth-order valence-electron chi connectivity index (χ4n) is 0.617. The third kappa shape index (κ3) is 7.45. The highest BCUT2D eigenvalue weighted by Crippen LogP contribution is 1.94. The number of likely N-dealkylation sites (N-methyl/N-ethyl adjacent to an activating group) is 1. The molecule has 0 aliphatic carbocycles. The number of thioether (sulfide) groups is 1. The van der Waals surface area contributed by atoms with E-state index in [0.29, 0.717) is 18.8 Å².